The topological polar surface area (TPSA) is 90.1 Å². The van der Waals surface area contributed by atoms with Crippen LogP contribution in [0.5, 0.6) is 5.75 Å². The first-order valence-corrected chi connectivity index (χ1v) is 7.02. The fraction of sp³-hybridized carbons (Fsp3) is 0.0588. The fourth-order valence-corrected chi connectivity index (χ4v) is 2.16. The van der Waals surface area contributed by atoms with Crippen molar-refractivity contribution in [3.05, 3.63) is 87.1 Å². The molecule has 0 fully saturated rings. The number of rotatable bonds is 4. The number of nitrogen functional groups attached to an aromatic ring is 1. The molecule has 0 bridgehead atoms. The zero-order valence-electron chi connectivity index (χ0n) is 12.2. The molecule has 3 rings (SSSR count). The third-order valence-electron chi connectivity index (χ3n) is 3.31. The van der Waals surface area contributed by atoms with Gasteiger partial charge in [0.1, 0.15) is 23.9 Å². The number of ether oxygens (including phenoxy) is 1. The standard InChI is InChI=1S/C17H15N3O3/c18-15-7-6-14(17(22)19-15)20-9-8-13(10-16(20)21)23-11-12-4-2-1-3-5-12/h1-10H,11H2,(H3,18,19,22). The molecule has 116 valence electrons. The number of hydrogen-bond donors (Lipinski definition) is 2. The summed E-state index contributed by atoms with van der Waals surface area (Å²) in [6.07, 6.45) is 1.50. The van der Waals surface area contributed by atoms with E-state index < -0.39 is 5.56 Å². The Morgan fingerprint density at radius 2 is 1.83 bits per heavy atom. The number of nitrogens with one attached hydrogen (secondary N) is 1. The van der Waals surface area contributed by atoms with Gasteiger partial charge in [0, 0.05) is 12.3 Å². The fourth-order valence-electron chi connectivity index (χ4n) is 2.16. The second kappa shape index (κ2) is 6.23. The van der Waals surface area contributed by atoms with Crippen LogP contribution in [-0.4, -0.2) is 9.55 Å². The van der Waals surface area contributed by atoms with E-state index in [-0.39, 0.29) is 17.1 Å². The molecule has 0 unspecified atom stereocenters. The Labute approximate surface area is 131 Å². The van der Waals surface area contributed by atoms with Crippen molar-refractivity contribution in [2.75, 3.05) is 5.73 Å². The maximum Gasteiger partial charge on any atom is 0.273 e. The summed E-state index contributed by atoms with van der Waals surface area (Å²) < 4.78 is 6.84. The molecular weight excluding hydrogens is 294 g/mol. The van der Waals surface area contributed by atoms with Crippen LogP contribution >= 0.6 is 0 Å². The molecule has 3 N–H and O–H groups in total. The van der Waals surface area contributed by atoms with E-state index in [0.29, 0.717) is 12.4 Å². The zero-order chi connectivity index (χ0) is 16.2. The van der Waals surface area contributed by atoms with Crippen molar-refractivity contribution in [1.82, 2.24) is 9.55 Å². The lowest BCUT2D eigenvalue weighted by Crippen LogP contribution is -2.24. The first kappa shape index (κ1) is 14.6. The van der Waals surface area contributed by atoms with Gasteiger partial charge in [-0.25, -0.2) is 0 Å². The number of nitrogens with zero attached hydrogens (tertiary/aromatic N) is 1. The molecule has 0 aliphatic rings. The van der Waals surface area contributed by atoms with Crippen molar-refractivity contribution in [2.24, 2.45) is 0 Å². The maximum absolute atomic E-state index is 12.2. The Hall–Kier alpha value is -3.28. The molecule has 0 aliphatic heterocycles. The summed E-state index contributed by atoms with van der Waals surface area (Å²) in [4.78, 5) is 26.5. The molecular formula is C17H15N3O3. The summed E-state index contributed by atoms with van der Waals surface area (Å²) in [5, 5.41) is 0. The minimum atomic E-state index is -0.426. The summed E-state index contributed by atoms with van der Waals surface area (Å²) in [6, 6.07) is 15.7. The highest BCUT2D eigenvalue weighted by molar-refractivity contribution is 5.38. The lowest BCUT2D eigenvalue weighted by atomic mass is 10.2. The van der Waals surface area contributed by atoms with Gasteiger partial charge in [-0.2, -0.15) is 0 Å². The SMILES string of the molecule is Nc1ccc(-n2ccc(OCc3ccccc3)cc2=O)c(=O)[nH]1. The normalized spacial score (nSPS) is 10.4. The second-order valence-corrected chi connectivity index (χ2v) is 4.97. The number of aromatic nitrogens is 2. The first-order valence-electron chi connectivity index (χ1n) is 7.02. The van der Waals surface area contributed by atoms with Crippen molar-refractivity contribution in [3.8, 4) is 11.4 Å². The average molecular weight is 309 g/mol. The van der Waals surface area contributed by atoms with Gasteiger partial charge in [-0.1, -0.05) is 30.3 Å². The molecule has 2 aromatic heterocycles. The number of nitrogens with two attached hydrogens (primary N) is 1. The molecule has 0 aliphatic carbocycles. The van der Waals surface area contributed by atoms with Crippen LogP contribution in [0, 0.1) is 0 Å². The summed E-state index contributed by atoms with van der Waals surface area (Å²) in [5.41, 5.74) is 5.93. The van der Waals surface area contributed by atoms with Gasteiger partial charge in [-0.05, 0) is 23.8 Å². The Morgan fingerprint density at radius 3 is 2.52 bits per heavy atom. The highest BCUT2D eigenvalue weighted by atomic mass is 16.5. The maximum atomic E-state index is 12.2. The van der Waals surface area contributed by atoms with Gasteiger partial charge in [0.2, 0.25) is 0 Å². The van der Waals surface area contributed by atoms with Crippen LogP contribution in [0.3, 0.4) is 0 Å². The number of anilines is 1. The van der Waals surface area contributed by atoms with Gasteiger partial charge in [0.25, 0.3) is 11.1 Å². The molecule has 23 heavy (non-hydrogen) atoms. The number of H-pyrrole nitrogens is 1. The Kier molecular flexibility index (Phi) is 3.97. The van der Waals surface area contributed by atoms with E-state index >= 15 is 0 Å². The van der Waals surface area contributed by atoms with Crippen LogP contribution in [0.15, 0.2) is 70.4 Å². The number of hydrogen-bond acceptors (Lipinski definition) is 4. The van der Waals surface area contributed by atoms with Gasteiger partial charge >= 0.3 is 0 Å². The molecule has 0 radical (unpaired) electrons. The average Bonchev–Trinajstić information content (AvgIpc) is 2.55. The third-order valence-corrected chi connectivity index (χ3v) is 3.31. The van der Waals surface area contributed by atoms with Gasteiger partial charge in [0.15, 0.2) is 0 Å². The van der Waals surface area contributed by atoms with E-state index in [2.05, 4.69) is 4.98 Å². The summed E-state index contributed by atoms with van der Waals surface area (Å²) in [6.45, 7) is 0.368. The van der Waals surface area contributed by atoms with E-state index in [4.69, 9.17) is 10.5 Å². The van der Waals surface area contributed by atoms with E-state index in [1.807, 2.05) is 30.3 Å². The lowest BCUT2D eigenvalue weighted by Gasteiger charge is -2.08. The van der Waals surface area contributed by atoms with Gasteiger partial charge in [-0.3, -0.25) is 14.2 Å². The van der Waals surface area contributed by atoms with Crippen LogP contribution in [0.1, 0.15) is 5.56 Å². The van der Waals surface area contributed by atoms with E-state index in [1.54, 1.807) is 6.07 Å². The van der Waals surface area contributed by atoms with Gasteiger partial charge < -0.3 is 15.5 Å². The van der Waals surface area contributed by atoms with E-state index in [9.17, 15) is 9.59 Å². The van der Waals surface area contributed by atoms with Crippen molar-refractivity contribution >= 4 is 5.82 Å². The Morgan fingerprint density at radius 1 is 1.04 bits per heavy atom. The van der Waals surface area contributed by atoms with Crippen LogP contribution in [0.25, 0.3) is 5.69 Å². The van der Waals surface area contributed by atoms with Crippen LogP contribution in [-0.2, 0) is 6.61 Å². The van der Waals surface area contributed by atoms with Crippen molar-refractivity contribution in [1.29, 1.82) is 0 Å². The molecule has 0 saturated carbocycles. The number of pyridine rings is 2. The molecule has 0 atom stereocenters. The van der Waals surface area contributed by atoms with E-state index in [1.165, 1.54) is 29.0 Å². The van der Waals surface area contributed by atoms with Crippen LogP contribution in [0.2, 0.25) is 0 Å². The molecule has 2 heterocycles. The van der Waals surface area contributed by atoms with E-state index in [0.717, 1.165) is 5.56 Å². The quantitative estimate of drug-likeness (QED) is 0.767. The molecule has 1 aromatic carbocycles. The predicted molar refractivity (Wildman–Crippen MR) is 87.8 cm³/mol. The van der Waals surface area contributed by atoms with Crippen LogP contribution in [0.4, 0.5) is 5.82 Å². The van der Waals surface area contributed by atoms with Crippen molar-refractivity contribution in [3.63, 3.8) is 0 Å². The Balaban J connectivity index is 1.83. The molecule has 3 aromatic rings. The lowest BCUT2D eigenvalue weighted by molar-refractivity contribution is 0.305. The summed E-state index contributed by atoms with van der Waals surface area (Å²) in [5.74, 6) is 0.691. The minimum Gasteiger partial charge on any atom is -0.489 e. The van der Waals surface area contributed by atoms with Crippen molar-refractivity contribution < 1.29 is 4.74 Å². The molecule has 0 spiro atoms. The number of benzene rings is 1. The molecule has 0 saturated heterocycles. The smallest absolute Gasteiger partial charge is 0.273 e. The zero-order valence-corrected chi connectivity index (χ0v) is 12.2. The van der Waals surface area contributed by atoms with Crippen molar-refractivity contribution in [2.45, 2.75) is 6.61 Å². The molecule has 0 amide bonds. The highest BCUT2D eigenvalue weighted by Gasteiger charge is 2.06. The summed E-state index contributed by atoms with van der Waals surface area (Å²) >= 11 is 0. The highest BCUT2D eigenvalue weighted by Crippen LogP contribution is 2.11. The first-order chi connectivity index (χ1) is 11.1. The largest absolute Gasteiger partial charge is 0.489 e. The second-order valence-electron chi connectivity index (χ2n) is 4.97. The molecule has 6 nitrogen and oxygen atoms in total. The monoisotopic (exact) mass is 309 g/mol. The van der Waals surface area contributed by atoms with Gasteiger partial charge in [0.05, 0.1) is 0 Å². The van der Waals surface area contributed by atoms with Crippen LogP contribution < -0.4 is 21.6 Å². The molecule has 6 heteroatoms. The number of aromatic amines is 1. The Bertz CT molecular complexity index is 930. The third kappa shape index (κ3) is 3.32. The minimum absolute atomic E-state index is 0.207. The summed E-state index contributed by atoms with van der Waals surface area (Å²) in [7, 11) is 0. The van der Waals surface area contributed by atoms with Gasteiger partial charge in [-0.15, -0.1) is 0 Å². The predicted octanol–water partition coefficient (Wildman–Crippen LogP) is 1.69.